The summed E-state index contributed by atoms with van der Waals surface area (Å²) in [5.74, 6) is -0.633. The molecule has 1 aliphatic rings. The summed E-state index contributed by atoms with van der Waals surface area (Å²) < 4.78 is 65.4. The van der Waals surface area contributed by atoms with Crippen molar-refractivity contribution in [2.45, 2.75) is 24.6 Å². The Kier molecular flexibility index (Phi) is 9.03. The first-order valence-corrected chi connectivity index (χ1v) is 10.8. The first kappa shape index (κ1) is 24.9. The Morgan fingerprint density at radius 1 is 1.03 bits per heavy atom. The van der Waals surface area contributed by atoms with E-state index in [2.05, 4.69) is 14.5 Å². The molecule has 0 bridgehead atoms. The molecule has 2 aromatic rings. The van der Waals surface area contributed by atoms with Crippen LogP contribution in [0.3, 0.4) is 0 Å². The first-order chi connectivity index (χ1) is 15.9. The summed E-state index contributed by atoms with van der Waals surface area (Å²) in [6.45, 7) is -6.06. The Morgan fingerprint density at radius 3 is 2.42 bits per heavy atom. The third kappa shape index (κ3) is 7.41. The molecule has 12 heteroatoms. The molecule has 0 aromatic heterocycles. The standard InChI is InChI=1S/C21H22F4N2O5S/c22-20(23)31-18-5-4-14(7-19(18)32-21(24)25)27(9-17-8-26-12-33-17)13-2-1-3-16(6-13)30-11-15(29)10-28/h1-7,12,15,17,20-21,28-29H,8-11H2/t15-,17?/m1/s1. The van der Waals surface area contributed by atoms with Gasteiger partial charge in [-0.05, 0) is 24.3 Å². The third-order valence-corrected chi connectivity index (χ3v) is 5.43. The molecule has 7 nitrogen and oxygen atoms in total. The second kappa shape index (κ2) is 12.0. The molecule has 0 fully saturated rings. The molecular weight excluding hydrogens is 468 g/mol. The van der Waals surface area contributed by atoms with Crippen molar-refractivity contribution in [1.29, 1.82) is 0 Å². The third-order valence-electron chi connectivity index (χ3n) is 4.48. The molecule has 2 atom stereocenters. The maximum Gasteiger partial charge on any atom is 0.387 e. The van der Waals surface area contributed by atoms with Gasteiger partial charge < -0.3 is 29.3 Å². The van der Waals surface area contributed by atoms with Gasteiger partial charge >= 0.3 is 13.2 Å². The maximum atomic E-state index is 12.9. The summed E-state index contributed by atoms with van der Waals surface area (Å²) in [6.07, 6.45) is -1.05. The average Bonchev–Trinajstić information content (AvgIpc) is 3.30. The molecule has 0 spiro atoms. The monoisotopic (exact) mass is 490 g/mol. The van der Waals surface area contributed by atoms with Gasteiger partial charge in [-0.2, -0.15) is 17.6 Å². The summed E-state index contributed by atoms with van der Waals surface area (Å²) in [5, 5.41) is 18.5. The van der Waals surface area contributed by atoms with Crippen LogP contribution in [0.1, 0.15) is 0 Å². The smallest absolute Gasteiger partial charge is 0.387 e. The van der Waals surface area contributed by atoms with Crippen LogP contribution in [0.15, 0.2) is 47.5 Å². The molecule has 180 valence electrons. The van der Waals surface area contributed by atoms with Crippen molar-refractivity contribution in [3.63, 3.8) is 0 Å². The van der Waals surface area contributed by atoms with Crippen LogP contribution in [0.2, 0.25) is 0 Å². The van der Waals surface area contributed by atoms with Crippen LogP contribution in [0.5, 0.6) is 17.2 Å². The zero-order valence-electron chi connectivity index (χ0n) is 17.2. The minimum Gasteiger partial charge on any atom is -0.491 e. The van der Waals surface area contributed by atoms with E-state index in [1.54, 1.807) is 34.7 Å². The number of benzene rings is 2. The molecule has 0 radical (unpaired) electrons. The predicted molar refractivity (Wildman–Crippen MR) is 116 cm³/mol. The molecule has 1 aliphatic heterocycles. The predicted octanol–water partition coefficient (Wildman–Crippen LogP) is 3.90. The van der Waals surface area contributed by atoms with E-state index in [1.165, 1.54) is 23.9 Å². The summed E-state index contributed by atoms with van der Waals surface area (Å²) in [5.41, 5.74) is 2.74. The fraction of sp³-hybridized carbons (Fsp3) is 0.381. The van der Waals surface area contributed by atoms with Gasteiger partial charge in [0.25, 0.3) is 0 Å². The molecule has 0 aliphatic carbocycles. The zero-order chi connectivity index (χ0) is 23.8. The average molecular weight is 490 g/mol. The van der Waals surface area contributed by atoms with Gasteiger partial charge in [0.1, 0.15) is 18.5 Å². The lowest BCUT2D eigenvalue weighted by Crippen LogP contribution is -2.27. The summed E-state index contributed by atoms with van der Waals surface area (Å²) in [7, 11) is 0. The topological polar surface area (TPSA) is 83.8 Å². The number of hydrogen-bond acceptors (Lipinski definition) is 8. The van der Waals surface area contributed by atoms with Crippen LogP contribution in [-0.2, 0) is 0 Å². The fourth-order valence-electron chi connectivity index (χ4n) is 3.03. The van der Waals surface area contributed by atoms with Crippen LogP contribution >= 0.6 is 11.8 Å². The second-order valence-corrected chi connectivity index (χ2v) is 8.02. The van der Waals surface area contributed by atoms with Gasteiger partial charge in [-0.1, -0.05) is 6.07 Å². The van der Waals surface area contributed by atoms with E-state index in [4.69, 9.17) is 9.84 Å². The van der Waals surface area contributed by atoms with Gasteiger partial charge in [-0.25, -0.2) is 0 Å². The Balaban J connectivity index is 1.93. The van der Waals surface area contributed by atoms with E-state index in [1.807, 2.05) is 0 Å². The number of halogens is 4. The lowest BCUT2D eigenvalue weighted by molar-refractivity contribution is -0.0692. The molecule has 2 N–H and O–H groups in total. The van der Waals surface area contributed by atoms with Gasteiger partial charge in [0, 0.05) is 35.3 Å². The zero-order valence-corrected chi connectivity index (χ0v) is 18.0. The Labute approximate surface area is 191 Å². The number of anilines is 2. The van der Waals surface area contributed by atoms with Crippen molar-refractivity contribution in [1.82, 2.24) is 0 Å². The highest BCUT2D eigenvalue weighted by molar-refractivity contribution is 8.12. The van der Waals surface area contributed by atoms with E-state index in [-0.39, 0.29) is 11.9 Å². The van der Waals surface area contributed by atoms with Gasteiger partial charge in [0.2, 0.25) is 0 Å². The molecule has 3 rings (SSSR count). The number of hydrogen-bond donors (Lipinski definition) is 2. The van der Waals surface area contributed by atoms with E-state index < -0.39 is 37.4 Å². The Morgan fingerprint density at radius 2 is 1.76 bits per heavy atom. The minimum atomic E-state index is -3.23. The van der Waals surface area contributed by atoms with E-state index in [0.717, 1.165) is 6.07 Å². The van der Waals surface area contributed by atoms with Crippen molar-refractivity contribution in [3.8, 4) is 17.2 Å². The van der Waals surface area contributed by atoms with Gasteiger partial charge in [-0.15, -0.1) is 11.8 Å². The van der Waals surface area contributed by atoms with Crippen molar-refractivity contribution < 1.29 is 42.0 Å². The number of rotatable bonds is 12. The van der Waals surface area contributed by atoms with Crippen LogP contribution in [-0.4, -0.2) is 66.6 Å². The lowest BCUT2D eigenvalue weighted by Gasteiger charge is -2.28. The van der Waals surface area contributed by atoms with Crippen molar-refractivity contribution >= 4 is 28.7 Å². The second-order valence-electron chi connectivity index (χ2n) is 6.87. The van der Waals surface area contributed by atoms with E-state index in [9.17, 15) is 22.7 Å². The number of thioether (sulfide) groups is 1. The van der Waals surface area contributed by atoms with Gasteiger partial charge in [-0.3, -0.25) is 4.99 Å². The van der Waals surface area contributed by atoms with Crippen molar-refractivity contribution in [2.75, 3.05) is 31.2 Å². The number of aliphatic hydroxyl groups is 2. The number of aliphatic imine (C=N–C) groups is 1. The van der Waals surface area contributed by atoms with Crippen molar-refractivity contribution in [2.24, 2.45) is 4.99 Å². The molecule has 2 aromatic carbocycles. The Bertz CT molecular complexity index is 929. The first-order valence-electron chi connectivity index (χ1n) is 9.82. The highest BCUT2D eigenvalue weighted by atomic mass is 32.2. The molecular formula is C21H22F4N2O5S. The van der Waals surface area contributed by atoms with Gasteiger partial charge in [0.15, 0.2) is 11.5 Å². The quantitative estimate of drug-likeness (QED) is 0.437. The normalized spacial score (nSPS) is 16.3. The molecule has 33 heavy (non-hydrogen) atoms. The van der Waals surface area contributed by atoms with Crippen LogP contribution in [0, 0.1) is 0 Å². The van der Waals surface area contributed by atoms with Crippen LogP contribution in [0.4, 0.5) is 28.9 Å². The highest BCUT2D eigenvalue weighted by Crippen LogP contribution is 2.38. The fourth-order valence-corrected chi connectivity index (χ4v) is 3.78. The maximum absolute atomic E-state index is 12.9. The minimum absolute atomic E-state index is 0.0576. The molecule has 0 saturated carbocycles. The van der Waals surface area contributed by atoms with Crippen LogP contribution in [0.25, 0.3) is 0 Å². The number of nitrogens with zero attached hydrogens (tertiary/aromatic N) is 2. The van der Waals surface area contributed by atoms with E-state index >= 15 is 0 Å². The molecule has 1 heterocycles. The highest BCUT2D eigenvalue weighted by Gasteiger charge is 2.22. The molecule has 0 amide bonds. The SMILES string of the molecule is OC[C@@H](O)COc1cccc(N(CC2CN=CS2)c2ccc(OC(F)F)c(OC(F)F)c2)c1. The van der Waals surface area contributed by atoms with Gasteiger partial charge in [0.05, 0.1) is 18.7 Å². The number of aliphatic hydroxyl groups excluding tert-OH is 2. The van der Waals surface area contributed by atoms with E-state index in [0.29, 0.717) is 30.2 Å². The van der Waals surface area contributed by atoms with Crippen molar-refractivity contribution in [3.05, 3.63) is 42.5 Å². The van der Waals surface area contributed by atoms with Crippen LogP contribution < -0.4 is 19.1 Å². The largest absolute Gasteiger partial charge is 0.491 e. The molecule has 1 unspecified atom stereocenters. The summed E-state index contributed by atoms with van der Waals surface area (Å²) in [6, 6.07) is 10.6. The summed E-state index contributed by atoms with van der Waals surface area (Å²) >= 11 is 1.51. The summed E-state index contributed by atoms with van der Waals surface area (Å²) in [4.78, 5) is 5.98. The molecule has 0 saturated heterocycles. The Hall–Kier alpha value is -2.70. The lowest BCUT2D eigenvalue weighted by atomic mass is 10.2. The number of alkyl halides is 4. The number of ether oxygens (including phenoxy) is 3.